The number of anilines is 1. The van der Waals surface area contributed by atoms with Gasteiger partial charge in [-0.3, -0.25) is 4.79 Å². The molecule has 0 radical (unpaired) electrons. The van der Waals surface area contributed by atoms with Crippen molar-refractivity contribution in [3.63, 3.8) is 0 Å². The van der Waals surface area contributed by atoms with Crippen LogP contribution in [0.25, 0.3) is 0 Å². The molecule has 0 fully saturated rings. The summed E-state index contributed by atoms with van der Waals surface area (Å²) in [5, 5.41) is 8.00. The lowest BCUT2D eigenvalue weighted by Gasteiger charge is -2.15. The van der Waals surface area contributed by atoms with Crippen LogP contribution in [0.2, 0.25) is 15.1 Å². The van der Waals surface area contributed by atoms with Gasteiger partial charge in [-0.2, -0.15) is 0 Å². The molecule has 0 aliphatic rings. The summed E-state index contributed by atoms with van der Waals surface area (Å²) in [6, 6.07) is 7.88. The van der Waals surface area contributed by atoms with Crippen LogP contribution in [0.1, 0.15) is 17.3 Å². The Kier molecular flexibility index (Phi) is 6.72. The van der Waals surface area contributed by atoms with Crippen LogP contribution in [-0.2, 0) is 19.6 Å². The summed E-state index contributed by atoms with van der Waals surface area (Å²) >= 11 is 17.5. The van der Waals surface area contributed by atoms with E-state index in [1.54, 1.807) is 0 Å². The van der Waals surface area contributed by atoms with Crippen molar-refractivity contribution in [1.82, 2.24) is 0 Å². The standard InChI is InChI=1S/C16H13Cl3N2O5S/c1-8(15(22)21-13-5-3-10(17)7-12(13)19)26-16(23)9-2-4-11(18)14(6-9)27(20,24)25/h2-8H,1H3,(H,21,22)(H2,20,24,25). The zero-order valence-corrected chi connectivity index (χ0v) is 16.8. The first-order chi connectivity index (χ1) is 12.5. The quantitative estimate of drug-likeness (QED) is 0.675. The summed E-state index contributed by atoms with van der Waals surface area (Å²) in [6.07, 6.45) is -1.20. The molecule has 0 aliphatic carbocycles. The van der Waals surface area contributed by atoms with E-state index in [0.717, 1.165) is 6.07 Å². The van der Waals surface area contributed by atoms with Crippen LogP contribution in [0.5, 0.6) is 0 Å². The van der Waals surface area contributed by atoms with E-state index in [9.17, 15) is 18.0 Å². The monoisotopic (exact) mass is 450 g/mol. The molecular formula is C16H13Cl3N2O5S. The van der Waals surface area contributed by atoms with Crippen LogP contribution < -0.4 is 10.5 Å². The molecule has 1 atom stereocenters. The number of hydrogen-bond acceptors (Lipinski definition) is 5. The molecule has 1 amide bonds. The van der Waals surface area contributed by atoms with Crippen LogP contribution in [0.4, 0.5) is 5.69 Å². The van der Waals surface area contributed by atoms with Crippen molar-refractivity contribution < 1.29 is 22.7 Å². The second kappa shape index (κ2) is 8.45. The van der Waals surface area contributed by atoms with Crippen LogP contribution in [0.3, 0.4) is 0 Å². The minimum absolute atomic E-state index is 0.132. The van der Waals surface area contributed by atoms with Gasteiger partial charge in [-0.05, 0) is 43.3 Å². The highest BCUT2D eigenvalue weighted by molar-refractivity contribution is 7.89. The number of benzene rings is 2. The second-order valence-corrected chi connectivity index (χ2v) is 8.13. The molecule has 7 nitrogen and oxygen atoms in total. The van der Waals surface area contributed by atoms with Gasteiger partial charge in [-0.15, -0.1) is 0 Å². The van der Waals surface area contributed by atoms with Gasteiger partial charge in [0.05, 0.1) is 21.3 Å². The van der Waals surface area contributed by atoms with E-state index in [1.807, 2.05) is 0 Å². The SMILES string of the molecule is CC(OC(=O)c1ccc(Cl)c(S(N)(=O)=O)c1)C(=O)Nc1ccc(Cl)cc1Cl. The van der Waals surface area contributed by atoms with Crippen LogP contribution in [-0.4, -0.2) is 26.4 Å². The molecule has 11 heteroatoms. The van der Waals surface area contributed by atoms with E-state index in [1.165, 1.54) is 37.3 Å². The van der Waals surface area contributed by atoms with E-state index in [0.29, 0.717) is 5.02 Å². The molecule has 0 saturated carbocycles. The Hall–Kier alpha value is -1.84. The first-order valence-electron chi connectivity index (χ1n) is 7.28. The van der Waals surface area contributed by atoms with Crippen molar-refractivity contribution in [2.75, 3.05) is 5.32 Å². The lowest BCUT2D eigenvalue weighted by molar-refractivity contribution is -0.123. The van der Waals surface area contributed by atoms with E-state index in [-0.39, 0.29) is 21.3 Å². The smallest absolute Gasteiger partial charge is 0.338 e. The third-order valence-electron chi connectivity index (χ3n) is 3.32. The van der Waals surface area contributed by atoms with Gasteiger partial charge in [0.25, 0.3) is 5.91 Å². The number of halogens is 3. The highest BCUT2D eigenvalue weighted by atomic mass is 35.5. The lowest BCUT2D eigenvalue weighted by Crippen LogP contribution is -2.30. The predicted molar refractivity (Wildman–Crippen MR) is 103 cm³/mol. The molecule has 0 saturated heterocycles. The molecule has 2 aromatic carbocycles. The summed E-state index contributed by atoms with van der Waals surface area (Å²) in [7, 11) is -4.13. The number of amides is 1. The zero-order valence-electron chi connectivity index (χ0n) is 13.7. The summed E-state index contributed by atoms with van der Waals surface area (Å²) in [6.45, 7) is 1.34. The van der Waals surface area contributed by atoms with Crippen molar-refractivity contribution in [1.29, 1.82) is 0 Å². The molecule has 144 valence electrons. The van der Waals surface area contributed by atoms with Crippen molar-refractivity contribution in [2.24, 2.45) is 5.14 Å². The van der Waals surface area contributed by atoms with E-state index < -0.39 is 32.9 Å². The number of ether oxygens (including phenoxy) is 1. The minimum Gasteiger partial charge on any atom is -0.449 e. The third kappa shape index (κ3) is 5.57. The Labute approximate surface area is 170 Å². The minimum atomic E-state index is -4.13. The first kappa shape index (κ1) is 21.5. The van der Waals surface area contributed by atoms with Crippen molar-refractivity contribution in [3.05, 3.63) is 57.0 Å². The van der Waals surface area contributed by atoms with Gasteiger partial charge in [0.15, 0.2) is 6.10 Å². The number of primary sulfonamides is 1. The van der Waals surface area contributed by atoms with E-state index in [4.69, 9.17) is 44.7 Å². The Bertz CT molecular complexity index is 1010. The summed E-state index contributed by atoms with van der Waals surface area (Å²) < 4.78 is 28.0. The van der Waals surface area contributed by atoms with Gasteiger partial charge in [-0.25, -0.2) is 18.4 Å². The number of nitrogens with two attached hydrogens (primary N) is 1. The molecule has 2 aromatic rings. The molecular weight excluding hydrogens is 439 g/mol. The maximum atomic E-state index is 12.2. The van der Waals surface area contributed by atoms with Crippen molar-refractivity contribution >= 4 is 62.4 Å². The molecule has 27 heavy (non-hydrogen) atoms. The maximum Gasteiger partial charge on any atom is 0.338 e. The summed E-state index contributed by atoms with van der Waals surface area (Å²) in [5.74, 6) is -1.57. The Morgan fingerprint density at radius 3 is 2.33 bits per heavy atom. The average Bonchev–Trinajstić information content (AvgIpc) is 2.56. The number of nitrogens with one attached hydrogen (secondary N) is 1. The maximum absolute atomic E-state index is 12.2. The molecule has 0 bridgehead atoms. The third-order valence-corrected chi connectivity index (χ3v) is 5.26. The summed E-state index contributed by atoms with van der Waals surface area (Å²) in [5.41, 5.74) is 0.157. The van der Waals surface area contributed by atoms with Crippen LogP contribution in [0.15, 0.2) is 41.3 Å². The summed E-state index contributed by atoms with van der Waals surface area (Å²) in [4.78, 5) is 23.9. The van der Waals surface area contributed by atoms with Gasteiger partial charge in [0.2, 0.25) is 10.0 Å². The van der Waals surface area contributed by atoms with Gasteiger partial charge in [-0.1, -0.05) is 34.8 Å². The Morgan fingerprint density at radius 1 is 1.07 bits per heavy atom. The highest BCUT2D eigenvalue weighted by Gasteiger charge is 2.22. The zero-order chi connectivity index (χ0) is 20.4. The van der Waals surface area contributed by atoms with Gasteiger partial charge >= 0.3 is 5.97 Å². The molecule has 0 aromatic heterocycles. The lowest BCUT2D eigenvalue weighted by atomic mass is 10.2. The number of hydrogen-bond donors (Lipinski definition) is 2. The fourth-order valence-corrected chi connectivity index (χ4v) is 3.48. The normalized spacial score (nSPS) is 12.3. The molecule has 3 N–H and O–H groups in total. The molecule has 0 heterocycles. The van der Waals surface area contributed by atoms with Gasteiger partial charge in [0.1, 0.15) is 4.90 Å². The number of sulfonamides is 1. The topological polar surface area (TPSA) is 116 Å². The van der Waals surface area contributed by atoms with Gasteiger partial charge < -0.3 is 10.1 Å². The number of carbonyl (C=O) groups is 2. The fraction of sp³-hybridized carbons (Fsp3) is 0.125. The highest BCUT2D eigenvalue weighted by Crippen LogP contribution is 2.26. The number of rotatable bonds is 5. The average molecular weight is 452 g/mol. The fourth-order valence-electron chi connectivity index (χ4n) is 1.96. The first-order valence-corrected chi connectivity index (χ1v) is 9.96. The molecule has 0 aliphatic heterocycles. The molecule has 2 rings (SSSR count). The van der Waals surface area contributed by atoms with E-state index in [2.05, 4.69) is 5.32 Å². The molecule has 0 spiro atoms. The molecule has 1 unspecified atom stereocenters. The van der Waals surface area contributed by atoms with Crippen molar-refractivity contribution in [3.8, 4) is 0 Å². The van der Waals surface area contributed by atoms with Crippen molar-refractivity contribution in [2.45, 2.75) is 17.9 Å². The largest absolute Gasteiger partial charge is 0.449 e. The van der Waals surface area contributed by atoms with E-state index >= 15 is 0 Å². The second-order valence-electron chi connectivity index (χ2n) is 5.35. The predicted octanol–water partition coefficient (Wildman–Crippen LogP) is 3.48. The number of carbonyl (C=O) groups excluding carboxylic acids is 2. The van der Waals surface area contributed by atoms with Gasteiger partial charge in [0, 0.05) is 5.02 Å². The number of esters is 1. The van der Waals surface area contributed by atoms with Crippen LogP contribution >= 0.6 is 34.8 Å². The Morgan fingerprint density at radius 2 is 1.74 bits per heavy atom. The van der Waals surface area contributed by atoms with Crippen LogP contribution in [0, 0.1) is 0 Å². The Balaban J connectivity index is 2.12.